The molecule has 0 radical (unpaired) electrons. The van der Waals surface area contributed by atoms with Gasteiger partial charge in [-0.15, -0.1) is 22.7 Å². The highest BCUT2D eigenvalue weighted by Gasteiger charge is 2.16. The normalized spacial score (nSPS) is 11.6. The Morgan fingerprint density at radius 1 is 0.380 bits per heavy atom. The van der Waals surface area contributed by atoms with Crippen LogP contribution in [0.15, 0.2) is 300 Å². The molecule has 0 atom stereocenters. The molecule has 0 unspecified atom stereocenters. The average molecular weight is 1290 g/mol. The number of hydrogen-bond donors (Lipinski definition) is 1. The molecule has 11 aromatic carbocycles. The first-order valence-corrected chi connectivity index (χ1v) is 30.2. The quantitative estimate of drug-likeness (QED) is 0.114. The first-order chi connectivity index (χ1) is 38.9. The van der Waals surface area contributed by atoms with Gasteiger partial charge in [0.2, 0.25) is 0 Å². The van der Waals surface area contributed by atoms with Crippen molar-refractivity contribution in [3.8, 4) is 44.5 Å². The number of nitrogens with zero attached hydrogens (tertiary/aromatic N) is 1. The van der Waals surface area contributed by atoms with Crippen molar-refractivity contribution in [1.29, 1.82) is 0 Å². The topological polar surface area (TPSA) is 15.3 Å². The van der Waals surface area contributed by atoms with Crippen LogP contribution >= 0.6 is 77.1 Å². The minimum Gasteiger partial charge on any atom is -0.333 e. The third-order valence-corrected chi connectivity index (χ3v) is 18.0. The molecule has 7 heteroatoms. The first kappa shape index (κ1) is 52.0. The summed E-state index contributed by atoms with van der Waals surface area (Å²) < 4.78 is 8.84. The first-order valence-electron chi connectivity index (χ1n) is 25.9. The second-order valence-corrected chi connectivity index (χ2v) is 24.0. The Morgan fingerprint density at radius 2 is 0.785 bits per heavy atom. The van der Waals surface area contributed by atoms with Gasteiger partial charge in [0.15, 0.2) is 5.70 Å². The predicted molar refractivity (Wildman–Crippen MR) is 358 cm³/mol. The molecule has 0 spiro atoms. The van der Waals surface area contributed by atoms with Crippen molar-refractivity contribution in [2.24, 2.45) is 0 Å². The van der Waals surface area contributed by atoms with Crippen LogP contribution in [0.4, 0.5) is 22.7 Å². The van der Waals surface area contributed by atoms with Crippen LogP contribution in [0, 0.1) is 9.65 Å². The van der Waals surface area contributed by atoms with Gasteiger partial charge < -0.3 is 10.2 Å². The minimum absolute atomic E-state index is 1.07. The van der Waals surface area contributed by atoms with Gasteiger partial charge in [0.1, 0.15) is 12.2 Å². The lowest BCUT2D eigenvalue weighted by atomic mass is 10.0. The van der Waals surface area contributed by atoms with E-state index in [9.17, 15) is 0 Å². The van der Waals surface area contributed by atoms with Gasteiger partial charge >= 0.3 is 0 Å². The molecule has 1 N–H and O–H groups in total. The van der Waals surface area contributed by atoms with Crippen LogP contribution in [0.25, 0.3) is 84.9 Å². The van der Waals surface area contributed by atoms with Crippen molar-refractivity contribution in [1.82, 2.24) is 0 Å². The number of thiophene rings is 2. The molecule has 14 rings (SSSR count). The van der Waals surface area contributed by atoms with Crippen LogP contribution in [0.5, 0.6) is 0 Å². The number of nitrogens with one attached hydrogen (secondary N) is 1. The van der Waals surface area contributed by atoms with E-state index in [0.29, 0.717) is 0 Å². The van der Waals surface area contributed by atoms with Crippen LogP contribution in [0.3, 0.4) is 0 Å². The number of anilines is 4. The van der Waals surface area contributed by atoms with E-state index in [4.69, 9.17) is 0 Å². The van der Waals surface area contributed by atoms with Gasteiger partial charge in [-0.2, -0.15) is 0 Å². The van der Waals surface area contributed by atoms with E-state index < -0.39 is 0 Å². The van der Waals surface area contributed by atoms with Crippen LogP contribution in [0.1, 0.15) is 0 Å². The summed E-state index contributed by atoms with van der Waals surface area (Å²) >= 11 is 13.0. The van der Waals surface area contributed by atoms with Gasteiger partial charge in [0.25, 0.3) is 0 Å². The van der Waals surface area contributed by atoms with E-state index in [2.05, 4.69) is 332 Å². The molecule has 0 saturated heterocycles. The van der Waals surface area contributed by atoms with Crippen molar-refractivity contribution in [3.63, 3.8) is 0 Å². The van der Waals surface area contributed by atoms with E-state index in [0.717, 1.165) is 37.4 Å². The number of allylic oxidation sites excluding steroid dienone is 5. The zero-order valence-electron chi connectivity index (χ0n) is 42.5. The SMILES string of the molecule is Brc1ccc(-c2ccc(I)cc2)cc1.Brc1ccc(-c2ccc(N(c3ccccc3)c3ccc(-c4cccc5c4sc4ccccc45)cc3)cc2)cc1.[C+]1=CC=C(Nc2ccc(-c3cccc4c3sc3ccccc34)cc2)C=C1. The average Bonchev–Trinajstić information content (AvgIpc) is 4.25. The molecule has 0 aliphatic heterocycles. The smallest absolute Gasteiger partial charge is 0.152 e. The Balaban J connectivity index is 0.000000133. The second kappa shape index (κ2) is 24.1. The molecule has 13 aromatic rings. The maximum Gasteiger partial charge on any atom is 0.152 e. The predicted octanol–water partition coefficient (Wildman–Crippen LogP) is 23.3. The summed E-state index contributed by atoms with van der Waals surface area (Å²) in [4.78, 5) is 2.31. The molecule has 2 heterocycles. The van der Waals surface area contributed by atoms with Crippen LogP contribution in [-0.4, -0.2) is 0 Å². The van der Waals surface area contributed by atoms with Crippen molar-refractivity contribution in [2.45, 2.75) is 0 Å². The molecule has 2 aromatic heterocycles. The summed E-state index contributed by atoms with van der Waals surface area (Å²) in [6.07, 6.45) is 10.9. The standard InChI is InChI=1S/C36H24BrNS.C24H16NS.C12H8BrI/c37-28-19-13-25(14-20-28)26-15-21-30(22-16-26)38(29-7-2-1-3-8-29)31-23-17-27(18-24-31)32-10-6-11-34-33-9-4-5-12-35(33)39-36(32)34;1-2-7-18(8-3-1)25-19-15-13-17(14-16-19)20-10-6-11-22-21-9-4-5-12-23(21)26-24(20)22;13-11-5-1-9(2-6-11)10-3-7-12(14)8-4-10/h1-24H;2-16,25H;1-8H/q;+1;. The molecule has 1 aliphatic carbocycles. The highest BCUT2D eigenvalue weighted by Crippen LogP contribution is 2.43. The molecule has 0 bridgehead atoms. The van der Waals surface area contributed by atoms with E-state index in [-0.39, 0.29) is 0 Å². The fourth-order valence-corrected chi connectivity index (χ4v) is 13.2. The highest BCUT2D eigenvalue weighted by atomic mass is 127. The lowest BCUT2D eigenvalue weighted by Crippen LogP contribution is -2.09. The van der Waals surface area contributed by atoms with E-state index in [1.807, 2.05) is 47.0 Å². The van der Waals surface area contributed by atoms with Crippen molar-refractivity contribution in [3.05, 3.63) is 309 Å². The Bertz CT molecular complexity index is 4270. The van der Waals surface area contributed by atoms with Gasteiger partial charge in [-0.3, -0.25) is 0 Å². The molecule has 79 heavy (non-hydrogen) atoms. The van der Waals surface area contributed by atoms with Crippen LogP contribution in [-0.2, 0) is 0 Å². The van der Waals surface area contributed by atoms with Crippen molar-refractivity contribution >= 4 is 140 Å². The summed E-state index contributed by atoms with van der Waals surface area (Å²) in [5.74, 6) is 0. The zero-order chi connectivity index (χ0) is 53.5. The lowest BCUT2D eigenvalue weighted by molar-refractivity contribution is 1.28. The second-order valence-electron chi connectivity index (χ2n) is 18.8. The van der Waals surface area contributed by atoms with Gasteiger partial charge in [-0.1, -0.05) is 196 Å². The van der Waals surface area contributed by atoms with Crippen LogP contribution < -0.4 is 10.2 Å². The fourth-order valence-electron chi connectivity index (χ4n) is 9.86. The minimum atomic E-state index is 1.07. The van der Waals surface area contributed by atoms with Gasteiger partial charge in [0.05, 0.1) is 12.2 Å². The van der Waals surface area contributed by atoms with Crippen molar-refractivity contribution in [2.75, 3.05) is 10.2 Å². The molecule has 0 fully saturated rings. The van der Waals surface area contributed by atoms with Gasteiger partial charge in [-0.25, -0.2) is 0 Å². The fraction of sp³-hybridized carbons (Fsp3) is 0. The van der Waals surface area contributed by atoms with E-state index in [1.165, 1.54) is 88.4 Å². The monoisotopic (exact) mass is 1290 g/mol. The third kappa shape index (κ3) is 11.9. The maximum absolute atomic E-state index is 3.53. The molecular formula is C72H48Br2IN2S2+. The summed E-state index contributed by atoms with van der Waals surface area (Å²) in [6.45, 7) is 0. The molecule has 0 saturated carbocycles. The molecule has 1 aliphatic rings. The Morgan fingerprint density at radius 3 is 1.27 bits per heavy atom. The number of rotatable bonds is 9. The summed E-state index contributed by atoms with van der Waals surface area (Å²) in [7, 11) is 0. The Hall–Kier alpha value is -7.72. The molecule has 2 nitrogen and oxygen atoms in total. The Labute approximate surface area is 499 Å². The van der Waals surface area contributed by atoms with E-state index in [1.54, 1.807) is 0 Å². The molecule has 378 valence electrons. The number of halogens is 3. The molecular weight excluding hydrogens is 1240 g/mol. The number of para-hydroxylation sites is 1. The Kier molecular flexibility index (Phi) is 15.9. The number of hydrogen-bond acceptors (Lipinski definition) is 4. The third-order valence-electron chi connectivity index (χ3n) is 13.8. The van der Waals surface area contributed by atoms with Crippen LogP contribution in [0.2, 0.25) is 0 Å². The number of fused-ring (bicyclic) bond motifs is 6. The van der Waals surface area contributed by atoms with Crippen molar-refractivity contribution < 1.29 is 0 Å². The summed E-state index contributed by atoms with van der Waals surface area (Å²) in [6, 6.07) is 92.9. The highest BCUT2D eigenvalue weighted by molar-refractivity contribution is 14.1. The zero-order valence-corrected chi connectivity index (χ0v) is 49.5. The number of benzene rings is 11. The summed E-state index contributed by atoms with van der Waals surface area (Å²) in [5, 5.41) is 8.76. The largest absolute Gasteiger partial charge is 0.333 e. The van der Waals surface area contributed by atoms with Gasteiger partial charge in [-0.05, 0) is 164 Å². The van der Waals surface area contributed by atoms with E-state index >= 15 is 0 Å². The van der Waals surface area contributed by atoms with Gasteiger partial charge in [0, 0.05) is 81.7 Å². The molecule has 0 amide bonds. The summed E-state index contributed by atoms with van der Waals surface area (Å²) in [5.41, 5.74) is 15.5. The lowest BCUT2D eigenvalue weighted by Gasteiger charge is -2.26. The maximum atomic E-state index is 3.53.